The molecule has 0 bridgehead atoms. The highest BCUT2D eigenvalue weighted by Gasteiger charge is 2.25. The summed E-state index contributed by atoms with van der Waals surface area (Å²) < 4.78 is 5.18. The third-order valence-corrected chi connectivity index (χ3v) is 12.9. The van der Waals surface area contributed by atoms with Gasteiger partial charge in [0.05, 0.1) is 11.4 Å². The number of hydrogen-bond donors (Lipinski definition) is 0. The van der Waals surface area contributed by atoms with Gasteiger partial charge in [0.15, 0.2) is 0 Å². The Morgan fingerprint density at radius 3 is 1.75 bits per heavy atom. The minimum Gasteiger partial charge on any atom is -0.309 e. The molecule has 0 atom stereocenters. The molecule has 0 saturated carbocycles. The smallest absolute Gasteiger partial charge is 0.0561 e. The summed E-state index contributed by atoms with van der Waals surface area (Å²) in [4.78, 5) is 2.55. The molecule has 0 aliphatic heterocycles. The topological polar surface area (TPSA) is 3.24 Å². The summed E-state index contributed by atoms with van der Waals surface area (Å²) in [7, 11) is 0. The highest BCUT2D eigenvalue weighted by atomic mass is 32.1. The number of fused-ring (bicyclic) bond motifs is 9. The predicted molar refractivity (Wildman–Crippen MR) is 233 cm³/mol. The van der Waals surface area contributed by atoms with Gasteiger partial charge in [-0.3, -0.25) is 0 Å². The molecule has 11 aromatic rings. The standard InChI is InChI=1S/C50H31NS2/c1-3-13-32(14-4-1)36-30-44(48-41-19-9-11-21-45(41)52-47(48)31-36)51(37-25-26-39-35(29-37)24-23-34-17-7-8-18-38(34)39)43-28-27-40(33-15-5-2-6-16-33)50-49(43)42-20-10-12-22-46(42)53-50/h1-31H. The van der Waals surface area contributed by atoms with Crippen molar-refractivity contribution < 1.29 is 0 Å². The number of nitrogens with zero attached hydrogens (tertiary/aromatic N) is 1. The Kier molecular flexibility index (Phi) is 6.97. The number of rotatable bonds is 5. The molecular formula is C50H31NS2. The normalized spacial score (nSPS) is 11.8. The zero-order valence-corrected chi connectivity index (χ0v) is 30.3. The van der Waals surface area contributed by atoms with Crippen LogP contribution in [0.2, 0.25) is 0 Å². The van der Waals surface area contributed by atoms with E-state index in [9.17, 15) is 0 Å². The number of hydrogen-bond acceptors (Lipinski definition) is 3. The molecule has 53 heavy (non-hydrogen) atoms. The van der Waals surface area contributed by atoms with Gasteiger partial charge in [-0.25, -0.2) is 0 Å². The first-order chi connectivity index (χ1) is 26.3. The van der Waals surface area contributed by atoms with Crippen LogP contribution in [0.1, 0.15) is 0 Å². The Morgan fingerprint density at radius 1 is 0.340 bits per heavy atom. The van der Waals surface area contributed by atoms with Crippen molar-refractivity contribution in [2.45, 2.75) is 0 Å². The Morgan fingerprint density at radius 2 is 0.962 bits per heavy atom. The van der Waals surface area contributed by atoms with E-state index in [2.05, 4.69) is 193 Å². The summed E-state index contributed by atoms with van der Waals surface area (Å²) in [6.45, 7) is 0. The quantitative estimate of drug-likeness (QED) is 0.161. The Hall–Kier alpha value is -6.26. The van der Waals surface area contributed by atoms with Crippen LogP contribution in [0.25, 0.3) is 84.1 Å². The van der Waals surface area contributed by atoms with Crippen molar-refractivity contribution in [1.29, 1.82) is 0 Å². The third-order valence-electron chi connectivity index (χ3n) is 10.6. The fourth-order valence-corrected chi connectivity index (χ4v) is 10.6. The molecule has 0 amide bonds. The SMILES string of the molecule is c1ccc(-c2cc(N(c3ccc4c(ccc5ccccc54)c3)c3ccc(-c4ccccc4)c4sc5ccccc5c34)c3c(c2)sc2ccccc23)cc1. The second-order valence-corrected chi connectivity index (χ2v) is 15.8. The van der Waals surface area contributed by atoms with Crippen molar-refractivity contribution >= 4 is 102 Å². The summed E-state index contributed by atoms with van der Waals surface area (Å²) in [5, 5.41) is 10.2. The van der Waals surface area contributed by atoms with Gasteiger partial charge < -0.3 is 4.90 Å². The van der Waals surface area contributed by atoms with Gasteiger partial charge >= 0.3 is 0 Å². The zero-order valence-electron chi connectivity index (χ0n) is 28.7. The number of benzene rings is 9. The molecule has 0 saturated heterocycles. The van der Waals surface area contributed by atoms with E-state index in [1.54, 1.807) is 0 Å². The lowest BCUT2D eigenvalue weighted by molar-refractivity contribution is 1.33. The maximum atomic E-state index is 2.55. The minimum absolute atomic E-state index is 1.14. The molecule has 0 radical (unpaired) electrons. The number of anilines is 3. The molecule has 0 unspecified atom stereocenters. The molecule has 2 heterocycles. The first-order valence-corrected chi connectivity index (χ1v) is 19.6. The molecule has 248 valence electrons. The molecule has 11 rings (SSSR count). The van der Waals surface area contributed by atoms with E-state index in [4.69, 9.17) is 0 Å². The van der Waals surface area contributed by atoms with Crippen LogP contribution < -0.4 is 4.90 Å². The molecule has 1 nitrogen and oxygen atoms in total. The van der Waals surface area contributed by atoms with Crippen LogP contribution in [0.3, 0.4) is 0 Å². The van der Waals surface area contributed by atoms with Crippen LogP contribution in [-0.4, -0.2) is 0 Å². The molecule has 2 aromatic heterocycles. The van der Waals surface area contributed by atoms with Gasteiger partial charge in [-0.15, -0.1) is 22.7 Å². The van der Waals surface area contributed by atoms with Gasteiger partial charge in [0.25, 0.3) is 0 Å². The van der Waals surface area contributed by atoms with E-state index in [1.165, 1.54) is 95.5 Å². The molecule has 0 fully saturated rings. The molecule has 3 heteroatoms. The van der Waals surface area contributed by atoms with Gasteiger partial charge in [0.2, 0.25) is 0 Å². The van der Waals surface area contributed by atoms with E-state index in [-0.39, 0.29) is 0 Å². The van der Waals surface area contributed by atoms with Gasteiger partial charge in [-0.1, -0.05) is 146 Å². The number of thiophene rings is 2. The summed E-state index contributed by atoms with van der Waals surface area (Å²) >= 11 is 3.77. The van der Waals surface area contributed by atoms with E-state index in [0.717, 1.165) is 5.69 Å². The zero-order chi connectivity index (χ0) is 34.9. The largest absolute Gasteiger partial charge is 0.309 e. The lowest BCUT2D eigenvalue weighted by Gasteiger charge is -2.29. The Balaban J connectivity index is 1.29. The minimum atomic E-state index is 1.14. The van der Waals surface area contributed by atoms with E-state index >= 15 is 0 Å². The van der Waals surface area contributed by atoms with Gasteiger partial charge in [0.1, 0.15) is 0 Å². The molecule has 0 spiro atoms. The second kappa shape index (κ2) is 12.2. The highest BCUT2D eigenvalue weighted by Crippen LogP contribution is 2.52. The molecule has 9 aromatic carbocycles. The third kappa shape index (κ3) is 4.89. The summed E-state index contributed by atoms with van der Waals surface area (Å²) in [5.74, 6) is 0. The van der Waals surface area contributed by atoms with Crippen molar-refractivity contribution in [1.82, 2.24) is 0 Å². The second-order valence-electron chi connectivity index (χ2n) is 13.7. The van der Waals surface area contributed by atoms with Crippen LogP contribution in [0.15, 0.2) is 188 Å². The molecule has 0 aliphatic rings. The molecule has 0 aliphatic carbocycles. The van der Waals surface area contributed by atoms with Gasteiger partial charge in [-0.05, 0) is 86.3 Å². The lowest BCUT2D eigenvalue weighted by Crippen LogP contribution is -2.11. The average molecular weight is 710 g/mol. The van der Waals surface area contributed by atoms with Crippen molar-refractivity contribution in [3.8, 4) is 22.3 Å². The Bertz CT molecular complexity index is 3170. The maximum absolute atomic E-state index is 2.55. The fourth-order valence-electron chi connectivity index (χ4n) is 8.20. The van der Waals surface area contributed by atoms with Crippen LogP contribution >= 0.6 is 22.7 Å². The van der Waals surface area contributed by atoms with Crippen LogP contribution in [0.5, 0.6) is 0 Å². The first-order valence-electron chi connectivity index (χ1n) is 18.0. The van der Waals surface area contributed by atoms with E-state index in [1.807, 2.05) is 22.7 Å². The summed E-state index contributed by atoms with van der Waals surface area (Å²) in [5.41, 5.74) is 8.42. The van der Waals surface area contributed by atoms with Crippen molar-refractivity contribution in [2.24, 2.45) is 0 Å². The molecule has 0 N–H and O–H groups in total. The molecular weight excluding hydrogens is 679 g/mol. The average Bonchev–Trinajstić information content (AvgIpc) is 3.81. The van der Waals surface area contributed by atoms with Crippen LogP contribution in [0, 0.1) is 0 Å². The van der Waals surface area contributed by atoms with Gasteiger partial charge in [-0.2, -0.15) is 0 Å². The van der Waals surface area contributed by atoms with Crippen LogP contribution in [0.4, 0.5) is 17.1 Å². The van der Waals surface area contributed by atoms with Crippen LogP contribution in [-0.2, 0) is 0 Å². The van der Waals surface area contributed by atoms with Crippen molar-refractivity contribution in [2.75, 3.05) is 4.90 Å². The van der Waals surface area contributed by atoms with E-state index in [0.29, 0.717) is 0 Å². The predicted octanol–water partition coefficient (Wildman–Crippen LogP) is 15.5. The fraction of sp³-hybridized carbons (Fsp3) is 0. The first kappa shape index (κ1) is 30.4. The van der Waals surface area contributed by atoms with Gasteiger partial charge in [0, 0.05) is 46.0 Å². The van der Waals surface area contributed by atoms with E-state index < -0.39 is 0 Å². The van der Waals surface area contributed by atoms with Crippen molar-refractivity contribution in [3.63, 3.8) is 0 Å². The highest BCUT2D eigenvalue weighted by molar-refractivity contribution is 7.26. The maximum Gasteiger partial charge on any atom is 0.0561 e. The summed E-state index contributed by atoms with van der Waals surface area (Å²) in [6, 6.07) is 69.3. The summed E-state index contributed by atoms with van der Waals surface area (Å²) in [6.07, 6.45) is 0. The lowest BCUT2D eigenvalue weighted by atomic mass is 9.97. The monoisotopic (exact) mass is 709 g/mol. The Labute approximate surface area is 315 Å². The van der Waals surface area contributed by atoms with Crippen molar-refractivity contribution in [3.05, 3.63) is 188 Å².